The van der Waals surface area contributed by atoms with Crippen molar-refractivity contribution in [2.24, 2.45) is 0 Å². The number of hydrogen-bond donors (Lipinski definition) is 1. The van der Waals surface area contributed by atoms with Crippen LogP contribution in [0.15, 0.2) is 58.7 Å². The number of carbonyl (C=O) groups is 1. The summed E-state index contributed by atoms with van der Waals surface area (Å²) in [5, 5.41) is 9.43. The highest BCUT2D eigenvalue weighted by Crippen LogP contribution is 2.22. The molecule has 1 amide bonds. The molecule has 1 aromatic carbocycles. The molecular weight excluding hydrogens is 388 g/mol. The molecule has 0 bridgehead atoms. The van der Waals surface area contributed by atoms with Crippen LogP contribution in [0, 0.1) is 0 Å². The lowest BCUT2D eigenvalue weighted by Crippen LogP contribution is -2.34. The van der Waals surface area contributed by atoms with Gasteiger partial charge in [-0.1, -0.05) is 30.3 Å². The minimum atomic E-state index is -3.54. The van der Waals surface area contributed by atoms with Gasteiger partial charge < -0.3 is 5.32 Å². The van der Waals surface area contributed by atoms with Gasteiger partial charge in [0.15, 0.2) is 9.84 Å². The summed E-state index contributed by atoms with van der Waals surface area (Å²) in [6.07, 6.45) is 2.26. The summed E-state index contributed by atoms with van der Waals surface area (Å²) in [5.41, 5.74) is 1.76. The van der Waals surface area contributed by atoms with Gasteiger partial charge in [-0.2, -0.15) is 11.3 Å². The third-order valence-electron chi connectivity index (χ3n) is 3.69. The van der Waals surface area contributed by atoms with Gasteiger partial charge >= 0.3 is 0 Å². The number of thiophene rings is 1. The SMILES string of the molecule is O=C(CS(=O)(=O)Cc1ccccc1)NC(Cc1ccsc1)c1nccs1. The highest BCUT2D eigenvalue weighted by molar-refractivity contribution is 7.91. The van der Waals surface area contributed by atoms with E-state index in [0.29, 0.717) is 12.0 Å². The van der Waals surface area contributed by atoms with Crippen LogP contribution in [0.4, 0.5) is 0 Å². The summed E-state index contributed by atoms with van der Waals surface area (Å²) in [6.45, 7) is 0. The quantitative estimate of drug-likeness (QED) is 0.623. The van der Waals surface area contributed by atoms with E-state index in [-0.39, 0.29) is 11.8 Å². The van der Waals surface area contributed by atoms with E-state index in [0.717, 1.165) is 10.6 Å². The van der Waals surface area contributed by atoms with E-state index in [4.69, 9.17) is 0 Å². The van der Waals surface area contributed by atoms with Crippen molar-refractivity contribution in [1.29, 1.82) is 0 Å². The van der Waals surface area contributed by atoms with Crippen molar-refractivity contribution in [3.05, 3.63) is 74.9 Å². The Balaban J connectivity index is 1.65. The molecule has 0 radical (unpaired) electrons. The monoisotopic (exact) mass is 406 g/mol. The first-order chi connectivity index (χ1) is 12.5. The number of aromatic nitrogens is 1. The van der Waals surface area contributed by atoms with Crippen LogP contribution in [0.25, 0.3) is 0 Å². The number of amides is 1. The number of nitrogens with zero attached hydrogens (tertiary/aromatic N) is 1. The molecule has 3 aromatic rings. The van der Waals surface area contributed by atoms with Crippen LogP contribution >= 0.6 is 22.7 Å². The Labute approximate surface area is 160 Å². The van der Waals surface area contributed by atoms with Gasteiger partial charge in [0, 0.05) is 18.0 Å². The number of nitrogens with one attached hydrogen (secondary N) is 1. The summed E-state index contributed by atoms with van der Waals surface area (Å²) in [7, 11) is -3.54. The Kier molecular flexibility index (Phi) is 6.18. The van der Waals surface area contributed by atoms with Crippen molar-refractivity contribution in [2.45, 2.75) is 18.2 Å². The van der Waals surface area contributed by atoms with E-state index in [9.17, 15) is 13.2 Å². The van der Waals surface area contributed by atoms with Crippen molar-refractivity contribution in [3.8, 4) is 0 Å². The van der Waals surface area contributed by atoms with Crippen LogP contribution in [-0.2, 0) is 26.8 Å². The minimum absolute atomic E-state index is 0.145. The van der Waals surface area contributed by atoms with Gasteiger partial charge in [0.05, 0.1) is 11.8 Å². The highest BCUT2D eigenvalue weighted by atomic mass is 32.2. The van der Waals surface area contributed by atoms with Crippen LogP contribution in [-0.4, -0.2) is 25.1 Å². The molecule has 2 aromatic heterocycles. The lowest BCUT2D eigenvalue weighted by molar-refractivity contribution is -0.119. The molecule has 1 N–H and O–H groups in total. The Morgan fingerprint density at radius 1 is 1.12 bits per heavy atom. The van der Waals surface area contributed by atoms with Gasteiger partial charge in [-0.3, -0.25) is 4.79 Å². The van der Waals surface area contributed by atoms with E-state index in [1.54, 1.807) is 41.8 Å². The lowest BCUT2D eigenvalue weighted by atomic mass is 10.1. The third-order valence-corrected chi connectivity index (χ3v) is 6.78. The third kappa shape index (κ3) is 5.48. The van der Waals surface area contributed by atoms with Crippen LogP contribution in [0.2, 0.25) is 0 Å². The predicted octanol–water partition coefficient (Wildman–Crippen LogP) is 3.22. The summed E-state index contributed by atoms with van der Waals surface area (Å²) in [6, 6.07) is 10.5. The molecule has 0 aliphatic rings. The molecule has 1 atom stereocenters. The average molecular weight is 407 g/mol. The molecule has 136 valence electrons. The molecule has 0 saturated carbocycles. The molecule has 0 fully saturated rings. The highest BCUT2D eigenvalue weighted by Gasteiger charge is 2.22. The van der Waals surface area contributed by atoms with Crippen LogP contribution in [0.1, 0.15) is 22.2 Å². The molecule has 26 heavy (non-hydrogen) atoms. The zero-order chi connectivity index (χ0) is 18.4. The Hall–Kier alpha value is -2.03. The molecule has 1 unspecified atom stereocenters. The van der Waals surface area contributed by atoms with Gasteiger partial charge in [0.1, 0.15) is 10.8 Å². The van der Waals surface area contributed by atoms with Crippen molar-refractivity contribution in [1.82, 2.24) is 10.3 Å². The fourth-order valence-corrected chi connectivity index (χ4v) is 5.22. The molecule has 8 heteroatoms. The zero-order valence-electron chi connectivity index (χ0n) is 13.9. The standard InChI is InChI=1S/C18H18N2O3S3/c21-17(13-26(22,23)12-14-4-2-1-3-5-14)20-16(18-19-7-9-25-18)10-15-6-8-24-11-15/h1-9,11,16H,10,12-13H2,(H,20,21). The van der Waals surface area contributed by atoms with Gasteiger partial charge in [-0.05, 0) is 28.0 Å². The molecule has 0 aliphatic heterocycles. The maximum Gasteiger partial charge on any atom is 0.235 e. The number of benzene rings is 1. The van der Waals surface area contributed by atoms with E-state index < -0.39 is 21.5 Å². The lowest BCUT2D eigenvalue weighted by Gasteiger charge is -2.16. The first kappa shape index (κ1) is 18.8. The van der Waals surface area contributed by atoms with Gasteiger partial charge in [-0.15, -0.1) is 11.3 Å². The molecule has 0 saturated heterocycles. The normalized spacial score (nSPS) is 12.6. The Bertz CT molecular complexity index is 921. The fourth-order valence-electron chi connectivity index (χ4n) is 2.57. The van der Waals surface area contributed by atoms with Gasteiger partial charge in [0.2, 0.25) is 5.91 Å². The molecule has 2 heterocycles. The van der Waals surface area contributed by atoms with E-state index in [1.807, 2.05) is 28.3 Å². The minimum Gasteiger partial charge on any atom is -0.346 e. The second kappa shape index (κ2) is 8.57. The average Bonchev–Trinajstić information content (AvgIpc) is 3.28. The summed E-state index contributed by atoms with van der Waals surface area (Å²) in [5.74, 6) is -1.18. The summed E-state index contributed by atoms with van der Waals surface area (Å²) >= 11 is 3.03. The molecular formula is C18H18N2O3S3. The number of carbonyl (C=O) groups excluding carboxylic acids is 1. The number of sulfone groups is 1. The van der Waals surface area contributed by atoms with Crippen molar-refractivity contribution in [2.75, 3.05) is 5.75 Å². The van der Waals surface area contributed by atoms with Crippen molar-refractivity contribution in [3.63, 3.8) is 0 Å². The molecule has 3 rings (SSSR count). The predicted molar refractivity (Wildman–Crippen MR) is 105 cm³/mol. The summed E-state index contributed by atoms with van der Waals surface area (Å²) < 4.78 is 24.6. The van der Waals surface area contributed by atoms with E-state index in [2.05, 4.69) is 10.3 Å². The number of rotatable bonds is 8. The summed E-state index contributed by atoms with van der Waals surface area (Å²) in [4.78, 5) is 16.6. The smallest absolute Gasteiger partial charge is 0.235 e. The maximum atomic E-state index is 12.4. The largest absolute Gasteiger partial charge is 0.346 e. The maximum absolute atomic E-state index is 12.4. The molecule has 5 nitrogen and oxygen atoms in total. The van der Waals surface area contributed by atoms with Crippen LogP contribution < -0.4 is 5.32 Å². The second-order valence-electron chi connectivity index (χ2n) is 5.84. The van der Waals surface area contributed by atoms with Crippen molar-refractivity contribution < 1.29 is 13.2 Å². The second-order valence-corrected chi connectivity index (χ2v) is 9.61. The van der Waals surface area contributed by atoms with Crippen molar-refractivity contribution >= 4 is 38.4 Å². The first-order valence-electron chi connectivity index (χ1n) is 7.96. The van der Waals surface area contributed by atoms with E-state index >= 15 is 0 Å². The number of hydrogen-bond acceptors (Lipinski definition) is 6. The van der Waals surface area contributed by atoms with Crippen LogP contribution in [0.5, 0.6) is 0 Å². The topological polar surface area (TPSA) is 76.1 Å². The van der Waals surface area contributed by atoms with Crippen LogP contribution in [0.3, 0.4) is 0 Å². The Morgan fingerprint density at radius 2 is 1.92 bits per heavy atom. The first-order valence-corrected chi connectivity index (χ1v) is 11.6. The molecule has 0 aliphatic carbocycles. The fraction of sp³-hybridized carbons (Fsp3) is 0.222. The molecule has 0 spiro atoms. The zero-order valence-corrected chi connectivity index (χ0v) is 16.3. The van der Waals surface area contributed by atoms with Gasteiger partial charge in [-0.25, -0.2) is 13.4 Å². The van der Waals surface area contributed by atoms with E-state index in [1.165, 1.54) is 11.3 Å². The number of thiazole rings is 1. The Morgan fingerprint density at radius 3 is 2.58 bits per heavy atom. The van der Waals surface area contributed by atoms with Gasteiger partial charge in [0.25, 0.3) is 0 Å².